The maximum absolute atomic E-state index is 11.8. The van der Waals surface area contributed by atoms with E-state index in [1.165, 1.54) is 26.0 Å². The van der Waals surface area contributed by atoms with Crippen molar-refractivity contribution in [1.82, 2.24) is 0 Å². The van der Waals surface area contributed by atoms with Crippen LogP contribution in [0.3, 0.4) is 0 Å². The van der Waals surface area contributed by atoms with E-state index >= 15 is 0 Å². The number of nitrogens with two attached hydrogens (primary N) is 1. The molecule has 2 rings (SSSR count). The van der Waals surface area contributed by atoms with Gasteiger partial charge in [0.1, 0.15) is 5.69 Å². The summed E-state index contributed by atoms with van der Waals surface area (Å²) in [5.41, 5.74) is -1.28. The molecular formula is C9H12N4O5. The minimum Gasteiger partial charge on any atom is -0.753 e. The highest BCUT2D eigenvalue weighted by atomic mass is 16.6. The van der Waals surface area contributed by atoms with Crippen molar-refractivity contribution < 1.29 is 14.9 Å². The first-order valence-electron chi connectivity index (χ1n) is 4.84. The molecule has 0 spiro atoms. The molecule has 98 valence electrons. The number of nitroso groups, excluding NO2 is 1. The zero-order chi connectivity index (χ0) is 14.1. The second kappa shape index (κ2) is 4.64. The van der Waals surface area contributed by atoms with E-state index in [0.717, 1.165) is 6.07 Å². The van der Waals surface area contributed by atoms with Crippen LogP contribution in [0.2, 0.25) is 0 Å². The number of rotatable bonds is 1. The SMILES string of the molecule is CC1(C)N([O-])c2cc([N+](=O)[O-])ccc2[N+]1=O.NO. The van der Waals surface area contributed by atoms with Crippen LogP contribution in [0.15, 0.2) is 18.2 Å². The van der Waals surface area contributed by atoms with Gasteiger partial charge in [0.2, 0.25) is 0 Å². The Kier molecular flexibility index (Phi) is 3.60. The van der Waals surface area contributed by atoms with Gasteiger partial charge in [0.15, 0.2) is 0 Å². The summed E-state index contributed by atoms with van der Waals surface area (Å²) in [5.74, 6) is 3.50. The number of hydrogen-bond donors (Lipinski definition) is 2. The monoisotopic (exact) mass is 256 g/mol. The summed E-state index contributed by atoms with van der Waals surface area (Å²) in [4.78, 5) is 21.7. The van der Waals surface area contributed by atoms with Crippen molar-refractivity contribution in [2.24, 2.45) is 5.90 Å². The number of benzene rings is 1. The van der Waals surface area contributed by atoms with Crippen LogP contribution in [0.4, 0.5) is 17.1 Å². The van der Waals surface area contributed by atoms with Gasteiger partial charge in [-0.3, -0.25) is 10.1 Å². The van der Waals surface area contributed by atoms with Crippen LogP contribution in [0, 0.1) is 20.2 Å². The molecule has 3 N–H and O–H groups in total. The zero-order valence-corrected chi connectivity index (χ0v) is 9.73. The molecular weight excluding hydrogens is 244 g/mol. The molecule has 0 bridgehead atoms. The molecule has 18 heavy (non-hydrogen) atoms. The van der Waals surface area contributed by atoms with Crippen LogP contribution in [0.5, 0.6) is 0 Å². The van der Waals surface area contributed by atoms with Crippen LogP contribution in [0.1, 0.15) is 13.8 Å². The summed E-state index contributed by atoms with van der Waals surface area (Å²) in [6, 6.07) is 3.61. The first-order valence-corrected chi connectivity index (χ1v) is 4.84. The van der Waals surface area contributed by atoms with Gasteiger partial charge in [-0.15, -0.1) is 0 Å². The second-order valence-corrected chi connectivity index (χ2v) is 4.01. The van der Waals surface area contributed by atoms with Crippen molar-refractivity contribution in [1.29, 1.82) is 0 Å². The molecule has 0 aromatic heterocycles. The lowest BCUT2D eigenvalue weighted by Gasteiger charge is -2.30. The van der Waals surface area contributed by atoms with Crippen LogP contribution in [-0.2, 0) is 0 Å². The van der Waals surface area contributed by atoms with Crippen LogP contribution >= 0.6 is 0 Å². The normalized spacial score (nSPS) is 15.8. The predicted molar refractivity (Wildman–Crippen MR) is 62.3 cm³/mol. The molecule has 0 radical (unpaired) electrons. The third-order valence-corrected chi connectivity index (χ3v) is 2.60. The molecule has 0 saturated heterocycles. The van der Waals surface area contributed by atoms with Gasteiger partial charge in [0, 0.05) is 37.0 Å². The number of nitro benzene ring substituents is 1. The van der Waals surface area contributed by atoms with Gasteiger partial charge in [-0.25, -0.2) is 5.90 Å². The molecule has 1 heterocycles. The van der Waals surface area contributed by atoms with Crippen molar-refractivity contribution in [2.75, 3.05) is 5.06 Å². The van der Waals surface area contributed by atoms with Crippen LogP contribution in [-0.4, -0.2) is 20.6 Å². The van der Waals surface area contributed by atoms with Gasteiger partial charge >= 0.3 is 0 Å². The first kappa shape index (κ1) is 14.0. The molecule has 0 amide bonds. The van der Waals surface area contributed by atoms with E-state index in [-0.39, 0.29) is 17.1 Å². The number of non-ortho nitro benzene ring substituents is 1. The maximum Gasteiger partial charge on any atom is 0.281 e. The number of hydroxylamine groups is 1. The van der Waals surface area contributed by atoms with Gasteiger partial charge in [-0.05, 0) is 0 Å². The Labute approximate surface area is 102 Å². The molecule has 0 fully saturated rings. The fraction of sp³-hybridized carbons (Fsp3) is 0.333. The third kappa shape index (κ3) is 1.90. The summed E-state index contributed by atoms with van der Waals surface area (Å²) >= 11 is 0. The highest BCUT2D eigenvalue weighted by Gasteiger charge is 2.48. The van der Waals surface area contributed by atoms with Crippen molar-refractivity contribution in [3.63, 3.8) is 0 Å². The van der Waals surface area contributed by atoms with Crippen molar-refractivity contribution >= 4 is 17.1 Å². The zero-order valence-electron chi connectivity index (χ0n) is 9.73. The average Bonchev–Trinajstić information content (AvgIpc) is 2.53. The highest BCUT2D eigenvalue weighted by molar-refractivity contribution is 5.71. The fourth-order valence-corrected chi connectivity index (χ4v) is 1.63. The minimum absolute atomic E-state index is 0.0363. The third-order valence-electron chi connectivity index (χ3n) is 2.60. The van der Waals surface area contributed by atoms with E-state index < -0.39 is 10.6 Å². The van der Waals surface area contributed by atoms with E-state index in [1.807, 2.05) is 0 Å². The van der Waals surface area contributed by atoms with Crippen LogP contribution < -0.4 is 11.0 Å². The first-order chi connectivity index (χ1) is 8.35. The number of fused-ring (bicyclic) bond motifs is 1. The van der Waals surface area contributed by atoms with E-state index in [1.54, 1.807) is 0 Å². The number of hydrogen-bond acceptors (Lipinski definition) is 7. The summed E-state index contributed by atoms with van der Waals surface area (Å²) < 4.78 is 0.555. The topological polar surface area (TPSA) is 136 Å². The van der Waals surface area contributed by atoms with E-state index in [0.29, 0.717) is 9.82 Å². The quantitative estimate of drug-likeness (QED) is 0.440. The molecule has 1 aromatic rings. The Hall–Kier alpha value is -2.10. The molecule has 1 aromatic carbocycles. The summed E-state index contributed by atoms with van der Waals surface area (Å²) in [6.45, 7) is 2.91. The Morgan fingerprint density at radius 2 is 2.00 bits per heavy atom. The molecule has 9 heteroatoms. The van der Waals surface area contributed by atoms with Crippen molar-refractivity contribution in [3.05, 3.63) is 38.4 Å². The summed E-state index contributed by atoms with van der Waals surface area (Å²) in [6.07, 6.45) is 0. The van der Waals surface area contributed by atoms with E-state index in [9.17, 15) is 20.2 Å². The average molecular weight is 256 g/mol. The van der Waals surface area contributed by atoms with E-state index in [4.69, 9.17) is 5.21 Å². The van der Waals surface area contributed by atoms with Gasteiger partial charge in [-0.1, -0.05) is 0 Å². The Bertz CT molecular complexity index is 502. The molecule has 1 aliphatic rings. The molecule has 1 aliphatic heterocycles. The van der Waals surface area contributed by atoms with Gasteiger partial charge < -0.3 is 15.5 Å². The standard InChI is InChI=1S/C9H9N3O4.H3NO/c1-9(2)10(13)7-4-3-6(12(15)16)5-8(7)11(9)14;1-2/h3-5H,1-2H3;2H,1H2. The second-order valence-electron chi connectivity index (χ2n) is 4.01. The lowest BCUT2D eigenvalue weighted by atomic mass is 10.2. The molecule has 0 atom stereocenters. The van der Waals surface area contributed by atoms with Crippen molar-refractivity contribution in [2.45, 2.75) is 19.5 Å². The highest BCUT2D eigenvalue weighted by Crippen LogP contribution is 2.44. The molecule has 0 unspecified atom stereocenters. The lowest BCUT2D eigenvalue weighted by molar-refractivity contribution is -0.532. The molecule has 0 saturated carbocycles. The lowest BCUT2D eigenvalue weighted by Crippen LogP contribution is -2.41. The predicted octanol–water partition coefficient (Wildman–Crippen LogP) is 1.39. The van der Waals surface area contributed by atoms with Crippen LogP contribution in [0.25, 0.3) is 0 Å². The smallest absolute Gasteiger partial charge is 0.281 e. The molecule has 0 aliphatic carbocycles. The van der Waals surface area contributed by atoms with Crippen molar-refractivity contribution in [3.8, 4) is 0 Å². The van der Waals surface area contributed by atoms with Gasteiger partial charge in [0.25, 0.3) is 17.0 Å². The van der Waals surface area contributed by atoms with Gasteiger partial charge in [0.05, 0.1) is 9.68 Å². The van der Waals surface area contributed by atoms with Gasteiger partial charge in [-0.2, -0.15) is 0 Å². The Balaban J connectivity index is 0.000000771. The summed E-state index contributed by atoms with van der Waals surface area (Å²) in [5, 5.41) is 29.3. The maximum atomic E-state index is 11.8. The Morgan fingerprint density at radius 3 is 2.50 bits per heavy atom. The van der Waals surface area contributed by atoms with E-state index in [2.05, 4.69) is 5.90 Å². The minimum atomic E-state index is -1.27. The molecule has 9 nitrogen and oxygen atoms in total. The number of nitrogens with zero attached hydrogens (tertiary/aromatic N) is 3. The summed E-state index contributed by atoms with van der Waals surface area (Å²) in [7, 11) is 0. The largest absolute Gasteiger partial charge is 0.753 e. The fourth-order valence-electron chi connectivity index (χ4n) is 1.63. The Morgan fingerprint density at radius 1 is 1.44 bits per heavy atom. The number of nitro groups is 1. The number of anilines is 1.